The lowest BCUT2D eigenvalue weighted by atomic mass is 10.2. The van der Waals surface area contributed by atoms with Gasteiger partial charge in [0.15, 0.2) is 5.84 Å². The highest BCUT2D eigenvalue weighted by atomic mass is 16.1. The first kappa shape index (κ1) is 14.6. The van der Waals surface area contributed by atoms with Crippen molar-refractivity contribution in [3.63, 3.8) is 0 Å². The Morgan fingerprint density at radius 2 is 1.83 bits per heavy atom. The Morgan fingerprint density at radius 3 is 2.65 bits per heavy atom. The summed E-state index contributed by atoms with van der Waals surface area (Å²) in [5.41, 5.74) is 3.75. The molecule has 0 unspecified atom stereocenters. The van der Waals surface area contributed by atoms with Crippen LogP contribution in [-0.4, -0.2) is 15.5 Å². The van der Waals surface area contributed by atoms with Gasteiger partial charge in [-0.25, -0.2) is 10.5 Å². The van der Waals surface area contributed by atoms with Gasteiger partial charge in [-0.05, 0) is 31.2 Å². The summed E-state index contributed by atoms with van der Waals surface area (Å²) < 4.78 is 1.20. The molecular formula is C16H14N6O. The normalized spacial score (nSPS) is 12.0. The van der Waals surface area contributed by atoms with Gasteiger partial charge in [0, 0.05) is 0 Å². The number of amidine groups is 1. The lowest BCUT2D eigenvalue weighted by Crippen LogP contribution is -2.26. The average molecular weight is 306 g/mol. The van der Waals surface area contributed by atoms with Crippen LogP contribution in [0.4, 0.5) is 5.69 Å². The van der Waals surface area contributed by atoms with Gasteiger partial charge >= 0.3 is 0 Å². The molecule has 3 aromatic rings. The summed E-state index contributed by atoms with van der Waals surface area (Å²) in [5.74, 6) is 0.383. The molecule has 0 aliphatic carbocycles. The largest absolute Gasteiger partial charge is 0.281 e. The number of nitrogens with zero attached hydrogens (tertiary/aromatic N) is 5. The Bertz CT molecular complexity index is 930. The van der Waals surface area contributed by atoms with Crippen LogP contribution >= 0.6 is 0 Å². The molecule has 0 spiro atoms. The van der Waals surface area contributed by atoms with E-state index in [1.165, 1.54) is 11.0 Å². The summed E-state index contributed by atoms with van der Waals surface area (Å²) in [7, 11) is 0. The number of rotatable bonds is 3. The molecule has 1 heterocycles. The molecule has 23 heavy (non-hydrogen) atoms. The van der Waals surface area contributed by atoms with Crippen molar-refractivity contribution in [3.05, 3.63) is 71.3 Å². The smallest absolute Gasteiger partial charge is 0.267 e. The van der Waals surface area contributed by atoms with E-state index in [2.05, 4.69) is 25.8 Å². The highest BCUT2D eigenvalue weighted by Crippen LogP contribution is 2.10. The molecule has 1 N–H and O–H groups in total. The summed E-state index contributed by atoms with van der Waals surface area (Å²) >= 11 is 0. The van der Waals surface area contributed by atoms with Crippen molar-refractivity contribution >= 4 is 22.4 Å². The van der Waals surface area contributed by atoms with Gasteiger partial charge in [-0.15, -0.1) is 15.3 Å². The van der Waals surface area contributed by atoms with E-state index in [1.54, 1.807) is 25.1 Å². The lowest BCUT2D eigenvalue weighted by molar-refractivity contribution is 0.819. The molecule has 0 fully saturated rings. The van der Waals surface area contributed by atoms with Crippen molar-refractivity contribution in [2.24, 2.45) is 15.3 Å². The Balaban J connectivity index is 1.78. The van der Waals surface area contributed by atoms with Gasteiger partial charge in [0.1, 0.15) is 6.33 Å². The number of aromatic nitrogens is 2. The maximum Gasteiger partial charge on any atom is 0.281 e. The number of fused-ring (bicyclic) bond motifs is 1. The predicted molar refractivity (Wildman–Crippen MR) is 89.4 cm³/mol. The van der Waals surface area contributed by atoms with E-state index in [1.807, 2.05) is 36.4 Å². The number of para-hydroxylation sites is 1. The minimum Gasteiger partial charge on any atom is -0.267 e. The van der Waals surface area contributed by atoms with Gasteiger partial charge in [-0.1, -0.05) is 30.3 Å². The highest BCUT2D eigenvalue weighted by molar-refractivity contribution is 5.80. The number of hydrogen-bond donors (Lipinski definition) is 1. The second-order valence-electron chi connectivity index (χ2n) is 4.73. The van der Waals surface area contributed by atoms with Crippen LogP contribution < -0.4 is 11.1 Å². The summed E-state index contributed by atoms with van der Waals surface area (Å²) in [4.78, 5) is 16.4. The second-order valence-corrected chi connectivity index (χ2v) is 4.73. The fourth-order valence-corrected chi connectivity index (χ4v) is 1.91. The van der Waals surface area contributed by atoms with Gasteiger partial charge in [-0.3, -0.25) is 4.79 Å². The average Bonchev–Trinajstić information content (AvgIpc) is 2.60. The van der Waals surface area contributed by atoms with Crippen molar-refractivity contribution in [1.82, 2.24) is 9.66 Å². The standard InChI is InChI=1S/C16H14N6O/c1-12(18-20-13-7-3-2-4-8-13)19-21-22-11-17-15-10-6-5-9-14(15)16(22)23/h2-11,21H,1H3/b19-12+,20-18?. The fourth-order valence-electron chi connectivity index (χ4n) is 1.91. The number of nitrogens with one attached hydrogen (secondary N) is 1. The second kappa shape index (κ2) is 6.61. The van der Waals surface area contributed by atoms with E-state index < -0.39 is 0 Å². The lowest BCUT2D eigenvalue weighted by Gasteiger charge is -2.04. The summed E-state index contributed by atoms with van der Waals surface area (Å²) in [6, 6.07) is 16.4. The van der Waals surface area contributed by atoms with Crippen LogP contribution in [0.2, 0.25) is 0 Å². The van der Waals surface area contributed by atoms with E-state index in [9.17, 15) is 4.79 Å². The zero-order chi connectivity index (χ0) is 16.1. The van der Waals surface area contributed by atoms with E-state index >= 15 is 0 Å². The maximum absolute atomic E-state index is 12.3. The number of azo groups is 1. The quantitative estimate of drug-likeness (QED) is 0.349. The van der Waals surface area contributed by atoms with Crippen LogP contribution in [0.3, 0.4) is 0 Å². The van der Waals surface area contributed by atoms with E-state index in [0.29, 0.717) is 16.7 Å². The van der Waals surface area contributed by atoms with Crippen molar-refractivity contribution < 1.29 is 0 Å². The third-order valence-electron chi connectivity index (χ3n) is 3.05. The molecule has 0 aliphatic heterocycles. The van der Waals surface area contributed by atoms with E-state index in [-0.39, 0.29) is 5.56 Å². The number of benzene rings is 2. The summed E-state index contributed by atoms with van der Waals surface area (Å²) in [6.45, 7) is 1.68. The third kappa shape index (κ3) is 3.46. The van der Waals surface area contributed by atoms with Crippen LogP contribution in [0.25, 0.3) is 10.9 Å². The zero-order valence-corrected chi connectivity index (χ0v) is 12.4. The van der Waals surface area contributed by atoms with E-state index in [4.69, 9.17) is 0 Å². The zero-order valence-electron chi connectivity index (χ0n) is 12.4. The van der Waals surface area contributed by atoms with Crippen LogP contribution in [0.1, 0.15) is 6.92 Å². The van der Waals surface area contributed by atoms with Crippen LogP contribution in [-0.2, 0) is 0 Å². The number of hydrazone groups is 1. The predicted octanol–water partition coefficient (Wildman–Crippen LogP) is 3.06. The van der Waals surface area contributed by atoms with Crippen LogP contribution in [0, 0.1) is 0 Å². The maximum atomic E-state index is 12.3. The van der Waals surface area contributed by atoms with Gasteiger partial charge in [0.05, 0.1) is 16.6 Å². The summed E-state index contributed by atoms with van der Waals surface area (Å²) in [5, 5.41) is 12.5. The molecule has 3 rings (SSSR count). The van der Waals surface area contributed by atoms with Gasteiger partial charge < -0.3 is 0 Å². The van der Waals surface area contributed by atoms with Crippen molar-refractivity contribution in [2.75, 3.05) is 5.53 Å². The van der Waals surface area contributed by atoms with Crippen molar-refractivity contribution in [1.29, 1.82) is 0 Å². The first-order chi connectivity index (χ1) is 11.2. The third-order valence-corrected chi connectivity index (χ3v) is 3.05. The topological polar surface area (TPSA) is 84.0 Å². The first-order valence-electron chi connectivity index (χ1n) is 6.97. The van der Waals surface area contributed by atoms with Gasteiger partial charge in [0.25, 0.3) is 5.56 Å². The molecule has 0 bridgehead atoms. The monoisotopic (exact) mass is 306 g/mol. The van der Waals surface area contributed by atoms with Crippen molar-refractivity contribution in [3.8, 4) is 0 Å². The Kier molecular flexibility index (Phi) is 4.19. The summed E-state index contributed by atoms with van der Waals surface area (Å²) in [6.07, 6.45) is 1.38. The van der Waals surface area contributed by atoms with Crippen molar-refractivity contribution in [2.45, 2.75) is 6.92 Å². The van der Waals surface area contributed by atoms with Crippen LogP contribution in [0.5, 0.6) is 0 Å². The highest BCUT2D eigenvalue weighted by Gasteiger charge is 2.02. The van der Waals surface area contributed by atoms with Gasteiger partial charge in [-0.2, -0.15) is 4.68 Å². The fraction of sp³-hybridized carbons (Fsp3) is 0.0625. The molecule has 0 aliphatic rings. The Hall–Kier alpha value is -3.35. The molecule has 2 aromatic carbocycles. The Labute approximate surface area is 132 Å². The van der Waals surface area contributed by atoms with Crippen LogP contribution in [0.15, 0.2) is 81.0 Å². The molecule has 1 aromatic heterocycles. The molecule has 0 amide bonds. The molecular weight excluding hydrogens is 292 g/mol. The molecule has 7 heteroatoms. The van der Waals surface area contributed by atoms with E-state index in [0.717, 1.165) is 5.69 Å². The van der Waals surface area contributed by atoms with Gasteiger partial charge in [0.2, 0.25) is 0 Å². The minimum atomic E-state index is -0.229. The molecule has 0 saturated carbocycles. The molecule has 7 nitrogen and oxygen atoms in total. The molecule has 0 radical (unpaired) electrons. The Morgan fingerprint density at radius 1 is 1.09 bits per heavy atom. The molecule has 0 saturated heterocycles. The minimum absolute atomic E-state index is 0.229. The molecule has 0 atom stereocenters. The SMILES string of the molecule is C/C(N=Nc1ccccc1)=N\Nn1cnc2ccccc2c1=O. The first-order valence-corrected chi connectivity index (χ1v) is 6.97. The number of hydrogen-bond acceptors (Lipinski definition) is 5. The molecule has 114 valence electrons.